The lowest BCUT2D eigenvalue weighted by Gasteiger charge is -2.09. The van der Waals surface area contributed by atoms with Gasteiger partial charge >= 0.3 is 0 Å². The van der Waals surface area contributed by atoms with E-state index in [9.17, 15) is 4.79 Å². The zero-order valence-electron chi connectivity index (χ0n) is 13.0. The van der Waals surface area contributed by atoms with Crippen LogP contribution in [0.25, 0.3) is 0 Å². The standard InChI is InChI=1S/C15H14O3.C2H6.C2H2/c16-10-14(17)13-8-4-5-9-15(13)18-11-12-6-2-1-3-7-12;2*1-2/h1-9,16H,10-11H2;1-2H3;1-2H. The number of hydrogen-bond donors (Lipinski definition) is 1. The first-order chi connectivity index (χ1) is 10.8. The second kappa shape index (κ2) is 12.2. The van der Waals surface area contributed by atoms with E-state index >= 15 is 0 Å². The summed E-state index contributed by atoms with van der Waals surface area (Å²) in [6, 6.07) is 16.6. The van der Waals surface area contributed by atoms with Gasteiger partial charge < -0.3 is 9.84 Å². The molecule has 0 aliphatic carbocycles. The molecule has 0 aliphatic heterocycles. The van der Waals surface area contributed by atoms with Crippen LogP contribution in [0.1, 0.15) is 29.8 Å². The smallest absolute Gasteiger partial charge is 0.191 e. The molecule has 0 aromatic heterocycles. The summed E-state index contributed by atoms with van der Waals surface area (Å²) in [6.45, 7) is 3.89. The molecule has 2 aromatic rings. The van der Waals surface area contributed by atoms with E-state index in [2.05, 4.69) is 12.8 Å². The number of carbonyl (C=O) groups excluding carboxylic acids is 1. The van der Waals surface area contributed by atoms with E-state index in [1.165, 1.54) is 0 Å². The molecule has 0 amide bonds. The Kier molecular flexibility index (Phi) is 10.8. The molecule has 22 heavy (non-hydrogen) atoms. The number of ketones is 1. The highest BCUT2D eigenvalue weighted by molar-refractivity contribution is 5.99. The number of Topliss-reactive ketones (excluding diaryl/α,β-unsaturated/α-hetero) is 1. The molecular formula is C19H22O3. The minimum absolute atomic E-state index is 0.335. The summed E-state index contributed by atoms with van der Waals surface area (Å²) < 4.78 is 5.61. The van der Waals surface area contributed by atoms with Gasteiger partial charge in [-0.05, 0) is 17.7 Å². The van der Waals surface area contributed by atoms with Gasteiger partial charge in [0.25, 0.3) is 0 Å². The molecule has 3 heteroatoms. The van der Waals surface area contributed by atoms with Crippen molar-refractivity contribution in [1.29, 1.82) is 0 Å². The number of para-hydroxylation sites is 1. The number of aliphatic hydroxyl groups excluding tert-OH is 1. The highest BCUT2D eigenvalue weighted by atomic mass is 16.5. The van der Waals surface area contributed by atoms with Crippen molar-refractivity contribution in [3.05, 3.63) is 65.7 Å². The number of hydrogen-bond acceptors (Lipinski definition) is 3. The van der Waals surface area contributed by atoms with E-state index in [1.807, 2.05) is 44.2 Å². The number of aliphatic hydroxyl groups is 1. The van der Waals surface area contributed by atoms with Crippen LogP contribution < -0.4 is 4.74 Å². The Hall–Kier alpha value is -2.57. The van der Waals surface area contributed by atoms with Gasteiger partial charge in [-0.3, -0.25) is 4.79 Å². The molecule has 0 saturated carbocycles. The zero-order chi connectivity index (χ0) is 16.8. The maximum absolute atomic E-state index is 11.5. The Morgan fingerprint density at radius 2 is 1.55 bits per heavy atom. The Morgan fingerprint density at radius 3 is 2.14 bits per heavy atom. The molecule has 1 N–H and O–H groups in total. The second-order valence-corrected chi connectivity index (χ2v) is 3.85. The van der Waals surface area contributed by atoms with Crippen LogP contribution in [0, 0.1) is 12.8 Å². The van der Waals surface area contributed by atoms with E-state index in [-0.39, 0.29) is 5.78 Å². The minimum atomic E-state index is -0.508. The number of terminal acetylenes is 1. The normalized spacial score (nSPS) is 8.59. The first-order valence-corrected chi connectivity index (χ1v) is 7.04. The fourth-order valence-corrected chi connectivity index (χ4v) is 1.64. The lowest BCUT2D eigenvalue weighted by atomic mass is 10.1. The quantitative estimate of drug-likeness (QED) is 0.676. The van der Waals surface area contributed by atoms with Crippen molar-refractivity contribution < 1.29 is 14.6 Å². The van der Waals surface area contributed by atoms with Gasteiger partial charge in [-0.1, -0.05) is 56.3 Å². The van der Waals surface area contributed by atoms with Gasteiger partial charge in [0, 0.05) is 0 Å². The van der Waals surface area contributed by atoms with Crippen LogP contribution in [0.5, 0.6) is 5.75 Å². The summed E-state index contributed by atoms with van der Waals surface area (Å²) in [5.74, 6) is 0.166. The minimum Gasteiger partial charge on any atom is -0.488 e. The molecular weight excluding hydrogens is 276 g/mol. The second-order valence-electron chi connectivity index (χ2n) is 3.85. The summed E-state index contributed by atoms with van der Waals surface area (Å²) in [5.41, 5.74) is 1.44. The fourth-order valence-electron chi connectivity index (χ4n) is 1.64. The number of ether oxygens (including phenoxy) is 1. The molecule has 0 spiro atoms. The summed E-state index contributed by atoms with van der Waals surface area (Å²) in [6.07, 6.45) is 8.00. The van der Waals surface area contributed by atoms with Crippen molar-refractivity contribution in [3.8, 4) is 18.6 Å². The highest BCUT2D eigenvalue weighted by Gasteiger charge is 2.10. The molecule has 0 atom stereocenters. The molecule has 2 aromatic carbocycles. The van der Waals surface area contributed by atoms with Crippen molar-refractivity contribution in [2.45, 2.75) is 20.5 Å². The van der Waals surface area contributed by atoms with Crippen LogP contribution >= 0.6 is 0 Å². The summed E-state index contributed by atoms with van der Waals surface area (Å²) in [7, 11) is 0. The van der Waals surface area contributed by atoms with E-state index < -0.39 is 6.61 Å². The van der Waals surface area contributed by atoms with Gasteiger partial charge in [-0.15, -0.1) is 12.8 Å². The van der Waals surface area contributed by atoms with Crippen LogP contribution in [0.2, 0.25) is 0 Å². The average molecular weight is 298 g/mol. The molecule has 3 nitrogen and oxygen atoms in total. The van der Waals surface area contributed by atoms with Gasteiger partial charge in [-0.2, -0.15) is 0 Å². The Labute approximate surface area is 132 Å². The number of rotatable bonds is 5. The lowest BCUT2D eigenvalue weighted by Crippen LogP contribution is -2.07. The fraction of sp³-hybridized carbons (Fsp3) is 0.211. The lowest BCUT2D eigenvalue weighted by molar-refractivity contribution is 0.0899. The number of benzene rings is 2. The van der Waals surface area contributed by atoms with E-state index in [0.717, 1.165) is 5.56 Å². The Balaban J connectivity index is 0.00000102. The van der Waals surface area contributed by atoms with Crippen LogP contribution in [0.4, 0.5) is 0 Å². The topological polar surface area (TPSA) is 46.5 Å². The third kappa shape index (κ3) is 6.25. The van der Waals surface area contributed by atoms with Gasteiger partial charge in [0.05, 0.1) is 5.56 Å². The molecule has 0 unspecified atom stereocenters. The van der Waals surface area contributed by atoms with Crippen molar-refractivity contribution in [2.24, 2.45) is 0 Å². The van der Waals surface area contributed by atoms with Crippen LogP contribution in [0.15, 0.2) is 54.6 Å². The highest BCUT2D eigenvalue weighted by Crippen LogP contribution is 2.19. The number of carbonyl (C=O) groups is 1. The van der Waals surface area contributed by atoms with E-state index in [4.69, 9.17) is 9.84 Å². The monoisotopic (exact) mass is 298 g/mol. The van der Waals surface area contributed by atoms with Gasteiger partial charge in [0.1, 0.15) is 19.0 Å². The molecule has 0 aliphatic rings. The van der Waals surface area contributed by atoms with Crippen molar-refractivity contribution in [1.82, 2.24) is 0 Å². The molecule has 2 rings (SSSR count). The third-order valence-corrected chi connectivity index (χ3v) is 2.57. The largest absolute Gasteiger partial charge is 0.488 e. The maximum atomic E-state index is 11.5. The van der Waals surface area contributed by atoms with Crippen LogP contribution in [-0.4, -0.2) is 17.5 Å². The van der Waals surface area contributed by atoms with Gasteiger partial charge in [0.2, 0.25) is 0 Å². The summed E-state index contributed by atoms with van der Waals surface area (Å²) in [4.78, 5) is 11.5. The van der Waals surface area contributed by atoms with E-state index in [0.29, 0.717) is 17.9 Å². The maximum Gasteiger partial charge on any atom is 0.191 e. The molecule has 0 saturated heterocycles. The van der Waals surface area contributed by atoms with Crippen LogP contribution in [0.3, 0.4) is 0 Å². The zero-order valence-corrected chi connectivity index (χ0v) is 13.0. The average Bonchev–Trinajstić information content (AvgIpc) is 2.64. The first-order valence-electron chi connectivity index (χ1n) is 7.04. The molecule has 0 fully saturated rings. The van der Waals surface area contributed by atoms with Crippen molar-refractivity contribution in [2.75, 3.05) is 6.61 Å². The summed E-state index contributed by atoms with van der Waals surface area (Å²) in [5, 5.41) is 8.89. The van der Waals surface area contributed by atoms with Crippen molar-refractivity contribution >= 4 is 5.78 Å². The predicted molar refractivity (Wildman–Crippen MR) is 89.9 cm³/mol. The summed E-state index contributed by atoms with van der Waals surface area (Å²) >= 11 is 0. The SMILES string of the molecule is C#C.CC.O=C(CO)c1ccccc1OCc1ccccc1. The Bertz CT molecular complexity index is 559. The van der Waals surface area contributed by atoms with E-state index in [1.54, 1.807) is 24.3 Å². The predicted octanol–water partition coefficient (Wildman–Crippen LogP) is 3.72. The third-order valence-electron chi connectivity index (χ3n) is 2.57. The van der Waals surface area contributed by atoms with Gasteiger partial charge in [0.15, 0.2) is 5.78 Å². The van der Waals surface area contributed by atoms with Gasteiger partial charge in [-0.25, -0.2) is 0 Å². The molecule has 0 radical (unpaired) electrons. The first kappa shape index (κ1) is 19.4. The molecule has 116 valence electrons. The Morgan fingerprint density at radius 1 is 1.00 bits per heavy atom. The molecule has 0 bridgehead atoms. The van der Waals surface area contributed by atoms with Crippen LogP contribution in [-0.2, 0) is 6.61 Å². The van der Waals surface area contributed by atoms with Crippen molar-refractivity contribution in [3.63, 3.8) is 0 Å². The molecule has 0 heterocycles.